The number of rotatable bonds is 4. The molecule has 0 saturated carbocycles. The minimum absolute atomic E-state index is 0.00301. The number of halogens is 7. The number of carbonyl (C=O) groups excluding carboxylic acids is 1. The number of benzene rings is 2. The molecule has 5 rings (SSSR count). The summed E-state index contributed by atoms with van der Waals surface area (Å²) in [7, 11) is 0. The zero-order chi connectivity index (χ0) is 30.9. The predicted molar refractivity (Wildman–Crippen MR) is 140 cm³/mol. The molecule has 1 amide bonds. The summed E-state index contributed by atoms with van der Waals surface area (Å²) < 4.78 is 90.8. The van der Waals surface area contributed by atoms with E-state index in [1.54, 1.807) is 4.90 Å². The molecule has 0 unspecified atom stereocenters. The molecule has 0 spiro atoms. The number of nitrogens with zero attached hydrogens (tertiary/aromatic N) is 5. The van der Waals surface area contributed by atoms with Crippen LogP contribution in [-0.4, -0.2) is 63.3 Å². The highest BCUT2D eigenvalue weighted by atomic mass is 19.4. The van der Waals surface area contributed by atoms with Crippen LogP contribution in [0.5, 0.6) is 0 Å². The van der Waals surface area contributed by atoms with Gasteiger partial charge in [0.25, 0.3) is 11.5 Å². The Kier molecular flexibility index (Phi) is 7.78. The maximum atomic E-state index is 14.8. The minimum atomic E-state index is -4.70. The predicted octanol–water partition coefficient (Wildman–Crippen LogP) is 4.34. The number of nitrogens with one attached hydrogen (secondary N) is 1. The molecule has 0 bridgehead atoms. The Morgan fingerprint density at radius 1 is 0.930 bits per heavy atom. The van der Waals surface area contributed by atoms with E-state index in [4.69, 9.17) is 0 Å². The number of anilines is 1. The molecule has 3 heterocycles. The van der Waals surface area contributed by atoms with Crippen LogP contribution in [-0.2, 0) is 12.6 Å². The van der Waals surface area contributed by atoms with Crippen molar-refractivity contribution in [2.45, 2.75) is 18.8 Å². The van der Waals surface area contributed by atoms with Crippen molar-refractivity contribution in [3.63, 3.8) is 0 Å². The number of piperazine rings is 1. The number of H-pyrrole nitrogens is 1. The van der Waals surface area contributed by atoms with Crippen molar-refractivity contribution in [2.24, 2.45) is 0 Å². The van der Waals surface area contributed by atoms with Gasteiger partial charge in [0.1, 0.15) is 5.82 Å². The van der Waals surface area contributed by atoms with Crippen molar-refractivity contribution < 1.29 is 35.5 Å². The molecule has 1 N–H and O–H groups in total. The van der Waals surface area contributed by atoms with Gasteiger partial charge in [0, 0.05) is 61.9 Å². The lowest BCUT2D eigenvalue weighted by Crippen LogP contribution is -2.49. The largest absolute Gasteiger partial charge is 0.458 e. The van der Waals surface area contributed by atoms with Gasteiger partial charge in [0.2, 0.25) is 5.95 Å². The van der Waals surface area contributed by atoms with Crippen LogP contribution in [0.1, 0.15) is 32.7 Å². The van der Waals surface area contributed by atoms with Gasteiger partial charge in [-0.3, -0.25) is 9.59 Å². The Labute approximate surface area is 238 Å². The normalized spacial score (nSPS) is 14.0. The number of alkyl halides is 6. The summed E-state index contributed by atoms with van der Waals surface area (Å²) in [4.78, 5) is 36.0. The molecule has 0 aliphatic carbocycles. The number of aromatic amines is 1. The summed E-state index contributed by atoms with van der Waals surface area (Å²) in [6.45, 7) is 0.651. The molecule has 2 aromatic carbocycles. The summed E-state index contributed by atoms with van der Waals surface area (Å²) in [5, 5.41) is 6.75. The van der Waals surface area contributed by atoms with Gasteiger partial charge in [-0.25, -0.2) is 19.5 Å². The van der Waals surface area contributed by atoms with E-state index in [0.717, 1.165) is 6.07 Å². The van der Waals surface area contributed by atoms with Gasteiger partial charge in [0.05, 0.1) is 22.2 Å². The van der Waals surface area contributed by atoms with Crippen molar-refractivity contribution in [1.82, 2.24) is 25.1 Å². The molecule has 222 valence electrons. The molecular weight excluding hydrogens is 585 g/mol. The molecule has 1 aliphatic rings. The molecule has 4 aromatic rings. The van der Waals surface area contributed by atoms with Crippen LogP contribution in [0.25, 0.3) is 10.8 Å². The zero-order valence-corrected chi connectivity index (χ0v) is 21.9. The first-order valence-corrected chi connectivity index (χ1v) is 12.6. The van der Waals surface area contributed by atoms with Crippen LogP contribution in [0.15, 0.2) is 53.6 Å². The van der Waals surface area contributed by atoms with Gasteiger partial charge in [-0.1, -0.05) is 12.0 Å². The van der Waals surface area contributed by atoms with E-state index in [0.29, 0.717) is 18.0 Å². The lowest BCUT2D eigenvalue weighted by molar-refractivity contribution is -0.138. The number of hydrogen-bond acceptors (Lipinski definition) is 6. The van der Waals surface area contributed by atoms with Gasteiger partial charge < -0.3 is 9.80 Å². The van der Waals surface area contributed by atoms with E-state index in [9.17, 15) is 40.3 Å². The molecule has 2 aromatic heterocycles. The number of aromatic nitrogens is 4. The van der Waals surface area contributed by atoms with Crippen molar-refractivity contribution in [3.8, 4) is 11.8 Å². The maximum Gasteiger partial charge on any atom is 0.458 e. The highest BCUT2D eigenvalue weighted by molar-refractivity contribution is 5.95. The molecular formula is C28H19F7N6O2. The first-order chi connectivity index (χ1) is 20.3. The van der Waals surface area contributed by atoms with Gasteiger partial charge in [-0.15, -0.1) is 0 Å². The number of amides is 1. The lowest BCUT2D eigenvalue weighted by atomic mass is 10.0. The van der Waals surface area contributed by atoms with Crippen molar-refractivity contribution >= 4 is 22.6 Å². The zero-order valence-electron chi connectivity index (χ0n) is 21.9. The van der Waals surface area contributed by atoms with Crippen molar-refractivity contribution in [2.75, 3.05) is 31.1 Å². The lowest BCUT2D eigenvalue weighted by Gasteiger charge is -2.34. The SMILES string of the molecule is O=C(c1cc(Cc2n[nH]c(=O)c3ccc(C#CC(F)(F)F)cc23)ccc1F)N1CCN(c2ncc(C(F)(F)F)cn2)CC1. The highest BCUT2D eigenvalue weighted by Gasteiger charge is 2.32. The van der Waals surface area contributed by atoms with Gasteiger partial charge >= 0.3 is 12.4 Å². The van der Waals surface area contributed by atoms with Crippen LogP contribution in [0.2, 0.25) is 0 Å². The van der Waals surface area contributed by atoms with Crippen molar-refractivity contribution in [3.05, 3.63) is 92.9 Å². The van der Waals surface area contributed by atoms with Crippen LogP contribution >= 0.6 is 0 Å². The van der Waals surface area contributed by atoms with E-state index >= 15 is 0 Å². The van der Waals surface area contributed by atoms with E-state index in [1.165, 1.54) is 41.2 Å². The van der Waals surface area contributed by atoms with Crippen LogP contribution < -0.4 is 10.5 Å². The average molecular weight is 604 g/mol. The maximum absolute atomic E-state index is 14.8. The van der Waals surface area contributed by atoms with E-state index in [1.807, 2.05) is 5.92 Å². The molecule has 1 aliphatic heterocycles. The number of fused-ring (bicyclic) bond motifs is 1. The summed E-state index contributed by atoms with van der Waals surface area (Å²) in [5.41, 5.74) is -1.07. The molecule has 43 heavy (non-hydrogen) atoms. The third-order valence-electron chi connectivity index (χ3n) is 6.66. The standard InChI is InChI=1S/C28H19F7N6O2/c29-22-4-2-17(13-23-20-11-16(5-6-27(30,31)32)1-3-19(20)24(42)39-38-23)12-21(22)25(43)40-7-9-41(10-8-40)26-36-14-18(15-37-26)28(33,34)35/h1-4,11-12,14-15H,7-10,13H2,(H,39,42). The van der Waals surface area contributed by atoms with Gasteiger partial charge in [0.15, 0.2) is 0 Å². The van der Waals surface area contributed by atoms with Gasteiger partial charge in [-0.2, -0.15) is 31.4 Å². The third kappa shape index (κ3) is 6.74. The Balaban J connectivity index is 1.33. The smallest absolute Gasteiger partial charge is 0.337 e. The molecule has 1 fully saturated rings. The second-order valence-electron chi connectivity index (χ2n) is 9.55. The fourth-order valence-corrected chi connectivity index (χ4v) is 4.53. The fraction of sp³-hybridized carbons (Fsp3) is 0.250. The van der Waals surface area contributed by atoms with Crippen LogP contribution in [0.3, 0.4) is 0 Å². The summed E-state index contributed by atoms with van der Waals surface area (Å²) in [6.07, 6.45) is -7.92. The number of hydrogen-bond donors (Lipinski definition) is 1. The van der Waals surface area contributed by atoms with E-state index in [2.05, 4.69) is 20.2 Å². The monoisotopic (exact) mass is 604 g/mol. The Bertz CT molecular complexity index is 1800. The third-order valence-corrected chi connectivity index (χ3v) is 6.66. The van der Waals surface area contributed by atoms with Gasteiger partial charge in [-0.05, 0) is 35.9 Å². The molecule has 15 heteroatoms. The molecule has 8 nitrogen and oxygen atoms in total. The molecule has 1 saturated heterocycles. The number of carbonyl (C=O) groups is 1. The van der Waals surface area contributed by atoms with Crippen LogP contribution in [0, 0.1) is 17.7 Å². The minimum Gasteiger partial charge on any atom is -0.337 e. The summed E-state index contributed by atoms with van der Waals surface area (Å²) >= 11 is 0. The Morgan fingerprint density at radius 2 is 1.63 bits per heavy atom. The Hall–Kier alpha value is -5.00. The first-order valence-electron chi connectivity index (χ1n) is 12.6. The Morgan fingerprint density at radius 3 is 2.28 bits per heavy atom. The summed E-state index contributed by atoms with van der Waals surface area (Å²) in [6, 6.07) is 7.75. The van der Waals surface area contributed by atoms with E-state index < -0.39 is 35.2 Å². The second kappa shape index (κ2) is 11.3. The topological polar surface area (TPSA) is 95.1 Å². The highest BCUT2D eigenvalue weighted by Crippen LogP contribution is 2.28. The van der Waals surface area contributed by atoms with Crippen molar-refractivity contribution in [1.29, 1.82) is 0 Å². The fourth-order valence-electron chi connectivity index (χ4n) is 4.53. The second-order valence-corrected chi connectivity index (χ2v) is 9.55. The van der Waals surface area contributed by atoms with E-state index in [-0.39, 0.29) is 66.1 Å². The molecule has 0 atom stereocenters. The summed E-state index contributed by atoms with van der Waals surface area (Å²) in [5.74, 6) is 1.85. The average Bonchev–Trinajstić information content (AvgIpc) is 2.97. The van der Waals surface area contributed by atoms with Crippen LogP contribution in [0.4, 0.5) is 36.7 Å². The molecule has 0 radical (unpaired) electrons. The first kappa shape index (κ1) is 29.5. The quantitative estimate of drug-likeness (QED) is 0.275.